The maximum atomic E-state index is 13.7. The Morgan fingerprint density at radius 1 is 1.32 bits per heavy atom. The topological polar surface area (TPSA) is 25.2 Å². The normalized spacial score (nSPS) is 21.2. The highest BCUT2D eigenvalue weighted by molar-refractivity contribution is 5.46. The van der Waals surface area contributed by atoms with Gasteiger partial charge in [0.25, 0.3) is 6.43 Å². The molecule has 2 atom stereocenters. The maximum Gasteiger partial charge on any atom is 0.266 e. The Labute approximate surface area is 125 Å². The first kappa shape index (κ1) is 15.1. The van der Waals surface area contributed by atoms with Crippen molar-refractivity contribution in [2.75, 3.05) is 0 Å². The van der Waals surface area contributed by atoms with Gasteiger partial charge in [0.2, 0.25) is 0 Å². The molecule has 1 aliphatic carbocycles. The molecular formula is C16H15F4NO. The predicted molar refractivity (Wildman–Crippen MR) is 73.6 cm³/mol. The molecule has 22 heavy (non-hydrogen) atoms. The van der Waals surface area contributed by atoms with Crippen molar-refractivity contribution < 1.29 is 22.7 Å². The summed E-state index contributed by atoms with van der Waals surface area (Å²) < 4.78 is 54.4. The number of aliphatic hydroxyl groups excluding tert-OH is 1. The molecule has 6 heteroatoms. The number of hydrogen-bond acceptors (Lipinski definition) is 1. The van der Waals surface area contributed by atoms with Crippen molar-refractivity contribution in [2.24, 2.45) is 0 Å². The molecule has 0 saturated carbocycles. The lowest BCUT2D eigenvalue weighted by Gasteiger charge is -2.24. The monoisotopic (exact) mass is 313 g/mol. The van der Waals surface area contributed by atoms with E-state index in [2.05, 4.69) is 0 Å². The minimum Gasteiger partial charge on any atom is -0.385 e. The summed E-state index contributed by atoms with van der Waals surface area (Å²) in [5.41, 5.74) is 1.59. The minimum absolute atomic E-state index is 0.167. The van der Waals surface area contributed by atoms with Crippen LogP contribution in [0.15, 0.2) is 24.4 Å². The van der Waals surface area contributed by atoms with E-state index in [-0.39, 0.29) is 6.42 Å². The Morgan fingerprint density at radius 3 is 2.73 bits per heavy atom. The quantitative estimate of drug-likeness (QED) is 0.827. The van der Waals surface area contributed by atoms with E-state index in [0.717, 1.165) is 12.1 Å². The summed E-state index contributed by atoms with van der Waals surface area (Å²) in [6.07, 6.45) is -3.22. The molecule has 2 unspecified atom stereocenters. The summed E-state index contributed by atoms with van der Waals surface area (Å²) in [7, 11) is 0. The van der Waals surface area contributed by atoms with Gasteiger partial charge in [-0.1, -0.05) is 0 Å². The van der Waals surface area contributed by atoms with Crippen molar-refractivity contribution in [1.82, 2.24) is 4.57 Å². The van der Waals surface area contributed by atoms with Crippen LogP contribution >= 0.6 is 0 Å². The molecule has 0 fully saturated rings. The van der Waals surface area contributed by atoms with E-state index in [0.29, 0.717) is 28.9 Å². The lowest BCUT2D eigenvalue weighted by molar-refractivity contribution is 0.0633. The van der Waals surface area contributed by atoms with Crippen LogP contribution in [0.5, 0.6) is 0 Å². The molecule has 0 saturated heterocycles. The number of benzene rings is 1. The van der Waals surface area contributed by atoms with Gasteiger partial charge in [-0.2, -0.15) is 0 Å². The molecule has 118 valence electrons. The summed E-state index contributed by atoms with van der Waals surface area (Å²) in [4.78, 5) is 0. The zero-order chi connectivity index (χ0) is 16.0. The standard InChI is InChI=1S/C16H15F4NO/c1-8-7-21(13-5-4-12(18)15(22)14(8)13)9-2-3-11(17)10(6-9)16(19)20/h2-3,6-7,12,15-16,22H,4-5H2,1H3. The highest BCUT2D eigenvalue weighted by Gasteiger charge is 2.32. The molecule has 1 aliphatic rings. The molecule has 1 heterocycles. The van der Waals surface area contributed by atoms with Crippen molar-refractivity contribution in [2.45, 2.75) is 38.5 Å². The molecule has 0 aliphatic heterocycles. The molecule has 2 nitrogen and oxygen atoms in total. The molecule has 0 amide bonds. The first-order valence-electron chi connectivity index (χ1n) is 7.01. The predicted octanol–water partition coefficient (Wildman–Crippen LogP) is 4.18. The van der Waals surface area contributed by atoms with E-state index < -0.39 is 30.1 Å². The van der Waals surface area contributed by atoms with Crippen LogP contribution in [0, 0.1) is 12.7 Å². The fraction of sp³-hybridized carbons (Fsp3) is 0.375. The van der Waals surface area contributed by atoms with Crippen LogP contribution in [0.3, 0.4) is 0 Å². The number of fused-ring (bicyclic) bond motifs is 1. The number of halogens is 4. The third-order valence-corrected chi connectivity index (χ3v) is 4.14. The molecule has 0 spiro atoms. The average Bonchev–Trinajstić information content (AvgIpc) is 2.81. The number of aromatic nitrogens is 1. The van der Waals surface area contributed by atoms with Gasteiger partial charge >= 0.3 is 0 Å². The van der Waals surface area contributed by atoms with E-state index in [1.165, 1.54) is 6.07 Å². The lowest BCUT2D eigenvalue weighted by Crippen LogP contribution is -2.22. The molecule has 0 bridgehead atoms. The number of rotatable bonds is 2. The molecule has 1 N–H and O–H groups in total. The SMILES string of the molecule is Cc1cn(-c2ccc(F)c(C(F)F)c2)c2c1C(O)C(F)CC2. The Kier molecular flexibility index (Phi) is 3.72. The number of alkyl halides is 3. The van der Waals surface area contributed by atoms with E-state index >= 15 is 0 Å². The number of hydrogen-bond donors (Lipinski definition) is 1. The zero-order valence-electron chi connectivity index (χ0n) is 11.9. The van der Waals surface area contributed by atoms with Crippen LogP contribution in [-0.2, 0) is 6.42 Å². The van der Waals surface area contributed by atoms with Crippen LogP contribution in [-0.4, -0.2) is 15.8 Å². The van der Waals surface area contributed by atoms with Crippen molar-refractivity contribution in [3.63, 3.8) is 0 Å². The molecule has 3 rings (SSSR count). The van der Waals surface area contributed by atoms with Crippen LogP contribution in [0.1, 0.15) is 41.3 Å². The van der Waals surface area contributed by atoms with Crippen molar-refractivity contribution in [3.8, 4) is 5.69 Å². The first-order valence-corrected chi connectivity index (χ1v) is 7.01. The molecular weight excluding hydrogens is 298 g/mol. The Balaban J connectivity index is 2.13. The van der Waals surface area contributed by atoms with Gasteiger partial charge in [-0.05, 0) is 43.5 Å². The summed E-state index contributed by atoms with van der Waals surface area (Å²) >= 11 is 0. The first-order chi connectivity index (χ1) is 10.4. The Hall–Kier alpha value is -1.82. The van der Waals surface area contributed by atoms with Crippen LogP contribution in [0.25, 0.3) is 5.69 Å². The molecule has 2 aromatic rings. The van der Waals surface area contributed by atoms with Gasteiger partial charge < -0.3 is 9.67 Å². The summed E-state index contributed by atoms with van der Waals surface area (Å²) in [6, 6.07) is 3.48. The van der Waals surface area contributed by atoms with Gasteiger partial charge in [0.1, 0.15) is 18.1 Å². The van der Waals surface area contributed by atoms with Gasteiger partial charge in [-0.3, -0.25) is 0 Å². The third kappa shape index (κ3) is 2.31. The second kappa shape index (κ2) is 5.43. The second-order valence-electron chi connectivity index (χ2n) is 5.55. The highest BCUT2D eigenvalue weighted by Crippen LogP contribution is 2.37. The van der Waals surface area contributed by atoms with Crippen LogP contribution in [0.2, 0.25) is 0 Å². The van der Waals surface area contributed by atoms with E-state index in [1.54, 1.807) is 17.7 Å². The highest BCUT2D eigenvalue weighted by atomic mass is 19.3. The van der Waals surface area contributed by atoms with E-state index in [9.17, 15) is 22.7 Å². The van der Waals surface area contributed by atoms with Gasteiger partial charge in [-0.15, -0.1) is 0 Å². The summed E-state index contributed by atoms with van der Waals surface area (Å²) in [6.45, 7) is 1.73. The fourth-order valence-corrected chi connectivity index (χ4v) is 3.05. The van der Waals surface area contributed by atoms with Gasteiger partial charge in [0, 0.05) is 23.1 Å². The summed E-state index contributed by atoms with van der Waals surface area (Å²) in [5, 5.41) is 9.99. The maximum absolute atomic E-state index is 13.7. The zero-order valence-corrected chi connectivity index (χ0v) is 11.9. The Morgan fingerprint density at radius 2 is 2.05 bits per heavy atom. The average molecular weight is 313 g/mol. The van der Waals surface area contributed by atoms with Crippen molar-refractivity contribution in [3.05, 3.63) is 52.6 Å². The lowest BCUT2D eigenvalue weighted by atomic mass is 9.91. The molecule has 0 radical (unpaired) electrons. The second-order valence-corrected chi connectivity index (χ2v) is 5.55. The third-order valence-electron chi connectivity index (χ3n) is 4.14. The van der Waals surface area contributed by atoms with Crippen molar-refractivity contribution >= 4 is 0 Å². The summed E-state index contributed by atoms with van der Waals surface area (Å²) in [5.74, 6) is -0.958. The number of nitrogens with zero attached hydrogens (tertiary/aromatic N) is 1. The smallest absolute Gasteiger partial charge is 0.266 e. The molecule has 1 aromatic carbocycles. The molecule has 1 aromatic heterocycles. The number of aliphatic hydroxyl groups is 1. The largest absolute Gasteiger partial charge is 0.385 e. The minimum atomic E-state index is -2.91. The van der Waals surface area contributed by atoms with Gasteiger partial charge in [0.15, 0.2) is 0 Å². The van der Waals surface area contributed by atoms with Gasteiger partial charge in [-0.25, -0.2) is 17.6 Å². The number of aryl methyl sites for hydroxylation is 1. The van der Waals surface area contributed by atoms with Gasteiger partial charge in [0.05, 0.1) is 5.56 Å². The Bertz CT molecular complexity index is 710. The van der Waals surface area contributed by atoms with E-state index in [4.69, 9.17) is 0 Å². The van der Waals surface area contributed by atoms with Crippen LogP contribution in [0.4, 0.5) is 17.6 Å². The van der Waals surface area contributed by atoms with Crippen molar-refractivity contribution in [1.29, 1.82) is 0 Å². The fourth-order valence-electron chi connectivity index (χ4n) is 3.05. The van der Waals surface area contributed by atoms with E-state index in [1.807, 2.05) is 0 Å². The van der Waals surface area contributed by atoms with Crippen LogP contribution < -0.4 is 0 Å².